The number of hydrogen-bond acceptors (Lipinski definition) is 6. The fraction of sp³-hybridized carbons (Fsp3) is 0.364. The number of anilines is 3. The van der Waals surface area contributed by atoms with Crippen molar-refractivity contribution < 1.29 is 23.9 Å². The number of pyridine rings is 1. The summed E-state index contributed by atoms with van der Waals surface area (Å²) in [6.07, 6.45) is 1.09. The van der Waals surface area contributed by atoms with Gasteiger partial charge in [-0.1, -0.05) is 6.07 Å². The molecule has 10 nitrogen and oxygen atoms in total. The SMILES string of the molecule is COc1ccc(NC(=O)NCCC(=O)Nc2ccc(C)cn2)cc1NC(=O)OC(C)(C)C. The highest BCUT2D eigenvalue weighted by Gasteiger charge is 2.18. The molecule has 0 aliphatic carbocycles. The third kappa shape index (κ3) is 8.50. The van der Waals surface area contributed by atoms with Crippen molar-refractivity contribution in [2.45, 2.75) is 39.7 Å². The summed E-state index contributed by atoms with van der Waals surface area (Å²) < 4.78 is 10.5. The van der Waals surface area contributed by atoms with Gasteiger partial charge in [-0.2, -0.15) is 0 Å². The zero-order valence-electron chi connectivity index (χ0n) is 18.9. The average molecular weight is 444 g/mol. The summed E-state index contributed by atoms with van der Waals surface area (Å²) >= 11 is 0. The molecule has 172 valence electrons. The number of nitrogens with zero attached hydrogens (tertiary/aromatic N) is 1. The van der Waals surface area contributed by atoms with Gasteiger partial charge in [0.1, 0.15) is 17.2 Å². The molecule has 0 aliphatic rings. The molecule has 1 heterocycles. The molecule has 1 aromatic heterocycles. The van der Waals surface area contributed by atoms with Crippen molar-refractivity contribution >= 4 is 35.2 Å². The van der Waals surface area contributed by atoms with Crippen molar-refractivity contribution in [3.63, 3.8) is 0 Å². The number of ether oxygens (including phenoxy) is 2. The first kappa shape index (κ1) is 24.4. The van der Waals surface area contributed by atoms with Gasteiger partial charge in [0.05, 0.1) is 12.8 Å². The van der Waals surface area contributed by atoms with Gasteiger partial charge in [-0.3, -0.25) is 10.1 Å². The van der Waals surface area contributed by atoms with E-state index in [0.29, 0.717) is 22.9 Å². The maximum absolute atomic E-state index is 12.2. The number of aromatic nitrogens is 1. The molecular weight excluding hydrogens is 414 g/mol. The van der Waals surface area contributed by atoms with E-state index in [1.807, 2.05) is 13.0 Å². The normalized spacial score (nSPS) is 10.7. The molecule has 0 fully saturated rings. The van der Waals surface area contributed by atoms with Crippen LogP contribution in [0.4, 0.5) is 26.8 Å². The smallest absolute Gasteiger partial charge is 0.412 e. The Labute approximate surface area is 187 Å². The van der Waals surface area contributed by atoms with Crippen molar-refractivity contribution in [2.75, 3.05) is 29.6 Å². The Bertz CT molecular complexity index is 954. The van der Waals surface area contributed by atoms with Crippen molar-refractivity contribution in [3.8, 4) is 5.75 Å². The Balaban J connectivity index is 1.85. The van der Waals surface area contributed by atoms with E-state index in [2.05, 4.69) is 26.3 Å². The number of urea groups is 1. The van der Waals surface area contributed by atoms with E-state index in [4.69, 9.17) is 9.47 Å². The molecule has 1 aromatic carbocycles. The number of carbonyl (C=O) groups is 3. The Kier molecular flexibility index (Phi) is 8.39. The first-order valence-electron chi connectivity index (χ1n) is 10.0. The minimum absolute atomic E-state index is 0.0804. The molecule has 0 atom stereocenters. The van der Waals surface area contributed by atoms with Crippen LogP contribution in [-0.4, -0.2) is 42.3 Å². The highest BCUT2D eigenvalue weighted by Crippen LogP contribution is 2.28. The van der Waals surface area contributed by atoms with Crippen molar-refractivity contribution in [3.05, 3.63) is 42.1 Å². The fourth-order valence-electron chi connectivity index (χ4n) is 2.51. The van der Waals surface area contributed by atoms with Gasteiger partial charge < -0.3 is 25.4 Å². The second kappa shape index (κ2) is 11.0. The number of amides is 4. The molecule has 2 rings (SSSR count). The lowest BCUT2D eigenvalue weighted by Crippen LogP contribution is -2.31. The molecule has 0 spiro atoms. The molecule has 0 aliphatic heterocycles. The predicted molar refractivity (Wildman–Crippen MR) is 122 cm³/mol. The Morgan fingerprint density at radius 3 is 2.41 bits per heavy atom. The van der Waals surface area contributed by atoms with Gasteiger partial charge in [0.15, 0.2) is 0 Å². The summed E-state index contributed by atoms with van der Waals surface area (Å²) in [6.45, 7) is 7.29. The van der Waals surface area contributed by atoms with Gasteiger partial charge in [0.25, 0.3) is 0 Å². The lowest BCUT2D eigenvalue weighted by molar-refractivity contribution is -0.116. The second-order valence-corrected chi connectivity index (χ2v) is 7.94. The van der Waals surface area contributed by atoms with E-state index in [9.17, 15) is 14.4 Å². The van der Waals surface area contributed by atoms with Crippen LogP contribution in [0.3, 0.4) is 0 Å². The minimum Gasteiger partial charge on any atom is -0.495 e. The lowest BCUT2D eigenvalue weighted by atomic mass is 10.2. The Morgan fingerprint density at radius 1 is 1.03 bits per heavy atom. The summed E-state index contributed by atoms with van der Waals surface area (Å²) in [6, 6.07) is 7.81. The van der Waals surface area contributed by atoms with E-state index in [0.717, 1.165) is 5.56 Å². The molecule has 0 saturated heterocycles. The number of nitrogens with one attached hydrogen (secondary N) is 4. The summed E-state index contributed by atoms with van der Waals surface area (Å²) in [5.41, 5.74) is 1.09. The fourth-order valence-corrected chi connectivity index (χ4v) is 2.51. The second-order valence-electron chi connectivity index (χ2n) is 7.94. The summed E-state index contributed by atoms with van der Waals surface area (Å²) in [7, 11) is 1.46. The number of carbonyl (C=O) groups excluding carboxylic acids is 3. The standard InChI is InChI=1S/C22H29N5O5/c1-14-6-9-18(24-13-14)27-19(28)10-11-23-20(29)25-15-7-8-17(31-5)16(12-15)26-21(30)32-22(2,3)4/h6-9,12-13H,10-11H2,1-5H3,(H,26,30)(H2,23,25,29)(H,24,27,28). The minimum atomic E-state index is -0.658. The van der Waals surface area contributed by atoms with Gasteiger partial charge in [-0.15, -0.1) is 0 Å². The van der Waals surface area contributed by atoms with E-state index < -0.39 is 17.7 Å². The number of methoxy groups -OCH3 is 1. The predicted octanol–water partition coefficient (Wildman–Crippen LogP) is 3.90. The number of aryl methyl sites for hydroxylation is 1. The molecule has 0 bridgehead atoms. The maximum atomic E-state index is 12.2. The number of hydrogen-bond donors (Lipinski definition) is 4. The van der Waals surface area contributed by atoms with Crippen molar-refractivity contribution in [1.29, 1.82) is 0 Å². The lowest BCUT2D eigenvalue weighted by Gasteiger charge is -2.20. The maximum Gasteiger partial charge on any atom is 0.412 e. The van der Waals surface area contributed by atoms with Crippen LogP contribution in [0.1, 0.15) is 32.8 Å². The monoisotopic (exact) mass is 443 g/mol. The molecule has 0 radical (unpaired) electrons. The quantitative estimate of drug-likeness (QED) is 0.513. The first-order valence-corrected chi connectivity index (χ1v) is 10.0. The van der Waals surface area contributed by atoms with Gasteiger partial charge in [-0.25, -0.2) is 14.6 Å². The molecule has 0 saturated carbocycles. The molecule has 32 heavy (non-hydrogen) atoms. The highest BCUT2D eigenvalue weighted by atomic mass is 16.6. The van der Waals surface area contributed by atoms with Crippen LogP contribution in [0.5, 0.6) is 5.75 Å². The number of benzene rings is 1. The molecular formula is C22H29N5O5. The van der Waals surface area contributed by atoms with Crippen LogP contribution in [0.15, 0.2) is 36.5 Å². The van der Waals surface area contributed by atoms with Crippen LogP contribution in [0.25, 0.3) is 0 Å². The van der Waals surface area contributed by atoms with Crippen molar-refractivity contribution in [1.82, 2.24) is 10.3 Å². The average Bonchev–Trinajstić information content (AvgIpc) is 2.68. The summed E-state index contributed by atoms with van der Waals surface area (Å²) in [4.78, 5) is 40.3. The van der Waals surface area contributed by atoms with Crippen LogP contribution < -0.4 is 26.0 Å². The zero-order chi connectivity index (χ0) is 23.7. The van der Waals surface area contributed by atoms with Crippen molar-refractivity contribution in [2.24, 2.45) is 0 Å². The largest absolute Gasteiger partial charge is 0.495 e. The van der Waals surface area contributed by atoms with E-state index in [1.165, 1.54) is 13.2 Å². The van der Waals surface area contributed by atoms with Crippen LogP contribution in [0, 0.1) is 6.92 Å². The molecule has 2 aromatic rings. The Morgan fingerprint density at radius 2 is 1.78 bits per heavy atom. The molecule has 4 N–H and O–H groups in total. The van der Waals surface area contributed by atoms with Crippen LogP contribution in [0.2, 0.25) is 0 Å². The topological polar surface area (TPSA) is 131 Å². The first-order chi connectivity index (χ1) is 15.1. The van der Waals surface area contributed by atoms with Crippen LogP contribution >= 0.6 is 0 Å². The van der Waals surface area contributed by atoms with Crippen LogP contribution in [-0.2, 0) is 9.53 Å². The van der Waals surface area contributed by atoms with E-state index in [1.54, 1.807) is 45.2 Å². The van der Waals surface area contributed by atoms with E-state index in [-0.39, 0.29) is 18.9 Å². The van der Waals surface area contributed by atoms with E-state index >= 15 is 0 Å². The zero-order valence-corrected chi connectivity index (χ0v) is 18.9. The third-order valence-corrected chi connectivity index (χ3v) is 3.91. The van der Waals surface area contributed by atoms with Gasteiger partial charge in [-0.05, 0) is 57.5 Å². The molecule has 0 unspecified atom stereocenters. The number of rotatable bonds is 7. The highest BCUT2D eigenvalue weighted by molar-refractivity contribution is 5.93. The summed E-state index contributed by atoms with van der Waals surface area (Å²) in [5, 5.41) is 10.5. The third-order valence-electron chi connectivity index (χ3n) is 3.91. The van der Waals surface area contributed by atoms with Gasteiger partial charge >= 0.3 is 12.1 Å². The molecule has 4 amide bonds. The van der Waals surface area contributed by atoms with Gasteiger partial charge in [0.2, 0.25) is 5.91 Å². The van der Waals surface area contributed by atoms with Gasteiger partial charge in [0, 0.05) is 24.8 Å². The Hall–Kier alpha value is -3.82. The molecule has 10 heteroatoms. The summed E-state index contributed by atoms with van der Waals surface area (Å²) in [5.74, 6) is 0.589.